The number of ether oxygens (including phenoxy) is 1. The van der Waals surface area contributed by atoms with Crippen molar-refractivity contribution in [3.8, 4) is 0 Å². The van der Waals surface area contributed by atoms with E-state index >= 15 is 0 Å². The van der Waals surface area contributed by atoms with Gasteiger partial charge in [-0.15, -0.1) is 0 Å². The lowest BCUT2D eigenvalue weighted by Gasteiger charge is -2.13. The number of methoxy groups -OCH3 is 1. The molecule has 0 spiro atoms. The van der Waals surface area contributed by atoms with E-state index in [-0.39, 0.29) is 0 Å². The van der Waals surface area contributed by atoms with Crippen molar-refractivity contribution in [1.82, 2.24) is 14.9 Å². The Hall–Kier alpha value is -0.470. The predicted molar refractivity (Wildman–Crippen MR) is 72.4 cm³/mol. The largest absolute Gasteiger partial charge is 0.378 e. The Morgan fingerprint density at radius 2 is 2.06 bits per heavy atom. The predicted octanol–water partition coefficient (Wildman–Crippen LogP) is 1.33. The van der Waals surface area contributed by atoms with Gasteiger partial charge in [0.2, 0.25) is 0 Å². The van der Waals surface area contributed by atoms with Crippen LogP contribution in [0.1, 0.15) is 11.5 Å². The zero-order valence-electron chi connectivity index (χ0n) is 10.0. The van der Waals surface area contributed by atoms with Crippen LogP contribution in [0.15, 0.2) is 0 Å². The normalized spacial score (nSPS) is 10.9. The van der Waals surface area contributed by atoms with E-state index in [1.54, 1.807) is 7.11 Å². The van der Waals surface area contributed by atoms with Gasteiger partial charge in [0.15, 0.2) is 0 Å². The summed E-state index contributed by atoms with van der Waals surface area (Å²) in [5.41, 5.74) is 0.930. The maximum atomic E-state index is 5.13. The number of rotatable bonds is 5. The SMILES string of the molecule is CNc1nc(CN(C)C)nc(COC)c1I. The van der Waals surface area contributed by atoms with E-state index in [9.17, 15) is 0 Å². The molecule has 1 N–H and O–H groups in total. The average molecular weight is 336 g/mol. The minimum Gasteiger partial charge on any atom is -0.378 e. The summed E-state index contributed by atoms with van der Waals surface area (Å²) in [7, 11) is 7.52. The Bertz CT molecular complexity index is 357. The monoisotopic (exact) mass is 336 g/mol. The molecule has 5 nitrogen and oxygen atoms in total. The van der Waals surface area contributed by atoms with Crippen molar-refractivity contribution >= 4 is 28.4 Å². The summed E-state index contributed by atoms with van der Waals surface area (Å²) < 4.78 is 6.15. The molecule has 0 aliphatic rings. The highest BCUT2D eigenvalue weighted by molar-refractivity contribution is 14.1. The first kappa shape index (κ1) is 13.6. The quantitative estimate of drug-likeness (QED) is 0.823. The molecule has 0 atom stereocenters. The van der Waals surface area contributed by atoms with Crippen LogP contribution in [0.4, 0.5) is 5.82 Å². The van der Waals surface area contributed by atoms with Gasteiger partial charge in [0.05, 0.1) is 22.4 Å². The Morgan fingerprint density at radius 3 is 2.56 bits per heavy atom. The maximum Gasteiger partial charge on any atom is 0.145 e. The highest BCUT2D eigenvalue weighted by atomic mass is 127. The lowest BCUT2D eigenvalue weighted by atomic mass is 10.4. The van der Waals surface area contributed by atoms with Crippen molar-refractivity contribution < 1.29 is 4.74 Å². The van der Waals surface area contributed by atoms with Crippen LogP contribution in [0.3, 0.4) is 0 Å². The number of hydrogen-bond donors (Lipinski definition) is 1. The average Bonchev–Trinajstić information content (AvgIpc) is 2.22. The molecule has 0 unspecified atom stereocenters. The van der Waals surface area contributed by atoms with Crippen LogP contribution in [0.2, 0.25) is 0 Å². The summed E-state index contributed by atoms with van der Waals surface area (Å²) in [6.07, 6.45) is 0. The molecule has 1 heterocycles. The third-order valence-corrected chi connectivity index (χ3v) is 3.08. The van der Waals surface area contributed by atoms with Crippen LogP contribution in [0, 0.1) is 3.57 Å². The third-order valence-electron chi connectivity index (χ3n) is 1.94. The van der Waals surface area contributed by atoms with Crippen LogP contribution in [-0.4, -0.2) is 43.1 Å². The second kappa shape index (κ2) is 6.31. The Balaban J connectivity index is 3.07. The fourth-order valence-electron chi connectivity index (χ4n) is 1.30. The van der Waals surface area contributed by atoms with Gasteiger partial charge in [-0.25, -0.2) is 9.97 Å². The van der Waals surface area contributed by atoms with Crippen LogP contribution in [0.25, 0.3) is 0 Å². The van der Waals surface area contributed by atoms with Gasteiger partial charge in [-0.1, -0.05) is 0 Å². The van der Waals surface area contributed by atoms with Crippen LogP contribution in [-0.2, 0) is 17.9 Å². The topological polar surface area (TPSA) is 50.3 Å². The Labute approximate surface area is 110 Å². The molecule has 0 saturated carbocycles. The van der Waals surface area contributed by atoms with Crippen molar-refractivity contribution in [1.29, 1.82) is 0 Å². The van der Waals surface area contributed by atoms with Crippen molar-refractivity contribution in [2.45, 2.75) is 13.2 Å². The fraction of sp³-hybridized carbons (Fsp3) is 0.600. The summed E-state index contributed by atoms with van der Waals surface area (Å²) in [6.45, 7) is 1.23. The molecule has 0 saturated heterocycles. The van der Waals surface area contributed by atoms with Gasteiger partial charge in [0.1, 0.15) is 11.6 Å². The molecular formula is C10H17IN4O. The molecule has 0 bridgehead atoms. The van der Waals surface area contributed by atoms with Gasteiger partial charge in [-0.3, -0.25) is 0 Å². The molecule has 90 valence electrons. The van der Waals surface area contributed by atoms with Gasteiger partial charge in [0, 0.05) is 14.2 Å². The number of halogens is 1. The van der Waals surface area contributed by atoms with E-state index in [0.29, 0.717) is 6.61 Å². The molecule has 0 radical (unpaired) electrons. The number of hydrogen-bond acceptors (Lipinski definition) is 5. The number of anilines is 1. The van der Waals surface area contributed by atoms with E-state index in [1.807, 2.05) is 26.0 Å². The summed E-state index contributed by atoms with van der Waals surface area (Å²) in [4.78, 5) is 11.0. The first-order chi connectivity index (χ1) is 7.58. The van der Waals surface area contributed by atoms with Crippen molar-refractivity contribution in [2.75, 3.05) is 33.6 Å². The van der Waals surface area contributed by atoms with Crippen LogP contribution in [0.5, 0.6) is 0 Å². The highest BCUT2D eigenvalue weighted by Crippen LogP contribution is 2.19. The van der Waals surface area contributed by atoms with Crippen molar-refractivity contribution in [3.63, 3.8) is 0 Å². The molecule has 0 aliphatic heterocycles. The van der Waals surface area contributed by atoms with E-state index < -0.39 is 0 Å². The van der Waals surface area contributed by atoms with Gasteiger partial charge < -0.3 is 15.0 Å². The second-order valence-corrected chi connectivity index (χ2v) is 4.75. The summed E-state index contributed by atoms with van der Waals surface area (Å²) in [5, 5.41) is 3.08. The van der Waals surface area contributed by atoms with Gasteiger partial charge in [0.25, 0.3) is 0 Å². The fourth-order valence-corrected chi connectivity index (χ4v) is 1.96. The molecule has 0 aromatic carbocycles. The lowest BCUT2D eigenvalue weighted by molar-refractivity contribution is 0.180. The Kier molecular flexibility index (Phi) is 5.36. The first-order valence-corrected chi connectivity index (χ1v) is 6.03. The molecule has 0 fully saturated rings. The smallest absolute Gasteiger partial charge is 0.145 e. The summed E-state index contributed by atoms with van der Waals surface area (Å²) in [6, 6.07) is 0. The highest BCUT2D eigenvalue weighted by Gasteiger charge is 2.11. The minimum atomic E-state index is 0.510. The summed E-state index contributed by atoms with van der Waals surface area (Å²) in [5.74, 6) is 1.67. The first-order valence-electron chi connectivity index (χ1n) is 4.95. The molecule has 0 amide bonds. The summed E-state index contributed by atoms with van der Waals surface area (Å²) >= 11 is 2.23. The Morgan fingerprint density at radius 1 is 1.38 bits per heavy atom. The zero-order chi connectivity index (χ0) is 12.1. The number of aromatic nitrogens is 2. The number of nitrogens with zero attached hydrogens (tertiary/aromatic N) is 3. The molecule has 1 rings (SSSR count). The third kappa shape index (κ3) is 3.53. The molecule has 16 heavy (non-hydrogen) atoms. The van der Waals surface area contributed by atoms with Crippen molar-refractivity contribution in [2.24, 2.45) is 0 Å². The van der Waals surface area contributed by atoms with Gasteiger partial charge in [-0.2, -0.15) is 0 Å². The molecular weight excluding hydrogens is 319 g/mol. The lowest BCUT2D eigenvalue weighted by Crippen LogP contribution is -2.16. The minimum absolute atomic E-state index is 0.510. The van der Waals surface area contributed by atoms with E-state index in [4.69, 9.17) is 4.74 Å². The molecule has 1 aromatic rings. The maximum absolute atomic E-state index is 5.13. The van der Waals surface area contributed by atoms with E-state index in [2.05, 4.69) is 37.9 Å². The zero-order valence-corrected chi connectivity index (χ0v) is 12.2. The molecule has 6 heteroatoms. The number of nitrogens with one attached hydrogen (secondary N) is 1. The van der Waals surface area contributed by atoms with Crippen LogP contribution < -0.4 is 5.32 Å². The van der Waals surface area contributed by atoms with E-state index in [1.165, 1.54) is 0 Å². The van der Waals surface area contributed by atoms with Crippen molar-refractivity contribution in [3.05, 3.63) is 15.1 Å². The van der Waals surface area contributed by atoms with E-state index in [0.717, 1.165) is 27.5 Å². The van der Waals surface area contributed by atoms with Gasteiger partial charge >= 0.3 is 0 Å². The van der Waals surface area contributed by atoms with Gasteiger partial charge in [-0.05, 0) is 36.7 Å². The standard InChI is InChI=1S/C10H17IN4O/c1-12-10-9(11)7(6-16-4)13-8(14-10)5-15(2)3/h5-6H2,1-4H3,(H,12,13,14). The van der Waals surface area contributed by atoms with Crippen LogP contribution >= 0.6 is 22.6 Å². The second-order valence-electron chi connectivity index (χ2n) is 3.67. The molecule has 1 aromatic heterocycles. The molecule has 0 aliphatic carbocycles.